The number of carboxylic acids is 1. The van der Waals surface area contributed by atoms with E-state index in [1.165, 1.54) is 18.2 Å². The third-order valence-corrected chi connectivity index (χ3v) is 4.93. The van der Waals surface area contributed by atoms with Gasteiger partial charge in [-0.15, -0.1) is 10.1 Å². The average molecular weight is 424 g/mol. The molecule has 2 rings (SSSR count). The minimum absolute atomic E-state index is 0.0290. The summed E-state index contributed by atoms with van der Waals surface area (Å²) in [6.07, 6.45) is 3.45. The largest absolute Gasteiger partial charge is 0.481 e. The Morgan fingerprint density at radius 3 is 2.57 bits per heavy atom. The van der Waals surface area contributed by atoms with Gasteiger partial charge in [-0.3, -0.25) is 4.79 Å². The summed E-state index contributed by atoms with van der Waals surface area (Å²) in [4.78, 5) is 49.5. The van der Waals surface area contributed by atoms with Gasteiger partial charge in [-0.2, -0.15) is 0 Å². The van der Waals surface area contributed by atoms with Crippen LogP contribution in [0.4, 0.5) is 4.79 Å². The Morgan fingerprint density at radius 1 is 1.17 bits per heavy atom. The second-order valence-electron chi connectivity index (χ2n) is 7.16. The van der Waals surface area contributed by atoms with Gasteiger partial charge in [0.25, 0.3) is 5.09 Å². The molecule has 11 heteroatoms. The summed E-state index contributed by atoms with van der Waals surface area (Å²) in [5.74, 6) is -1.69. The predicted octanol–water partition coefficient (Wildman–Crippen LogP) is 2.66. The van der Waals surface area contributed by atoms with E-state index >= 15 is 0 Å². The smallest absolute Gasteiger partial charge is 0.410 e. The van der Waals surface area contributed by atoms with Gasteiger partial charge in [-0.1, -0.05) is 31.4 Å². The van der Waals surface area contributed by atoms with Crippen molar-refractivity contribution in [2.45, 2.75) is 45.1 Å². The number of rotatable bonds is 10. The van der Waals surface area contributed by atoms with Crippen molar-refractivity contribution in [3.63, 3.8) is 0 Å². The summed E-state index contributed by atoms with van der Waals surface area (Å²) in [5.41, 5.74) is 0.0218. The van der Waals surface area contributed by atoms with Crippen LogP contribution in [0.25, 0.3) is 0 Å². The molecular formula is C19H24N2O9. The van der Waals surface area contributed by atoms with E-state index in [9.17, 15) is 24.5 Å². The van der Waals surface area contributed by atoms with E-state index in [4.69, 9.17) is 14.6 Å². The molecule has 2 N–H and O–H groups in total. The van der Waals surface area contributed by atoms with Crippen molar-refractivity contribution in [1.29, 1.82) is 0 Å². The Labute approximate surface area is 172 Å². The fraction of sp³-hybridized carbons (Fsp3) is 0.526. The molecule has 0 radical (unpaired) electrons. The summed E-state index contributed by atoms with van der Waals surface area (Å²) >= 11 is 0. The van der Waals surface area contributed by atoms with Crippen molar-refractivity contribution >= 4 is 18.0 Å². The maximum Gasteiger partial charge on any atom is 0.410 e. The minimum atomic E-state index is -0.939. The predicted molar refractivity (Wildman–Crippen MR) is 101 cm³/mol. The van der Waals surface area contributed by atoms with E-state index in [1.54, 1.807) is 6.07 Å². The fourth-order valence-corrected chi connectivity index (χ4v) is 3.48. The number of carbonyl (C=O) groups excluding carboxylic acids is 2. The standard InChI is InChI=1S/C19H24N2O9/c22-16(23)10-19(7-2-1-3-8-19)12-20-18(25)29-13-28-17(24)15-6-4-5-14(9-15)11-30-21(26)27/h4-6,9H,1-3,7-8,10-13H2,(H,20,25)(H,22,23). The number of ether oxygens (including phenoxy) is 2. The highest BCUT2D eigenvalue weighted by Gasteiger charge is 2.34. The Morgan fingerprint density at radius 2 is 1.90 bits per heavy atom. The van der Waals surface area contributed by atoms with E-state index in [-0.39, 0.29) is 25.1 Å². The number of carbonyl (C=O) groups is 3. The summed E-state index contributed by atoms with van der Waals surface area (Å²) in [5, 5.41) is 21.0. The van der Waals surface area contributed by atoms with Gasteiger partial charge in [0.05, 0.1) is 12.0 Å². The van der Waals surface area contributed by atoms with Gasteiger partial charge in [-0.25, -0.2) is 9.59 Å². The number of alkyl carbamates (subject to hydrolysis) is 1. The third-order valence-electron chi connectivity index (χ3n) is 4.93. The molecule has 1 saturated carbocycles. The van der Waals surface area contributed by atoms with Crippen LogP contribution in [0.15, 0.2) is 24.3 Å². The zero-order chi connectivity index (χ0) is 22.0. The Hall–Kier alpha value is -3.37. The number of nitrogens with one attached hydrogen (secondary N) is 1. The number of benzene rings is 1. The summed E-state index contributed by atoms with van der Waals surface area (Å²) in [6.45, 7) is -0.776. The van der Waals surface area contributed by atoms with Crippen LogP contribution in [-0.2, 0) is 25.7 Å². The maximum absolute atomic E-state index is 12.0. The molecule has 0 heterocycles. The molecule has 1 fully saturated rings. The van der Waals surface area contributed by atoms with Crippen LogP contribution >= 0.6 is 0 Å². The molecule has 1 aliphatic carbocycles. The lowest BCUT2D eigenvalue weighted by Gasteiger charge is -2.36. The topological polar surface area (TPSA) is 154 Å². The van der Waals surface area contributed by atoms with Gasteiger partial charge in [0.15, 0.2) is 0 Å². The first-order chi connectivity index (χ1) is 14.3. The van der Waals surface area contributed by atoms with Crippen LogP contribution in [0, 0.1) is 15.5 Å². The molecule has 1 aliphatic rings. The molecule has 0 spiro atoms. The van der Waals surface area contributed by atoms with Crippen LogP contribution < -0.4 is 5.32 Å². The van der Waals surface area contributed by atoms with Crippen molar-refractivity contribution in [3.8, 4) is 0 Å². The van der Waals surface area contributed by atoms with E-state index < -0.39 is 35.3 Å². The lowest BCUT2D eigenvalue weighted by atomic mass is 9.72. The lowest BCUT2D eigenvalue weighted by Crippen LogP contribution is -2.40. The molecule has 11 nitrogen and oxygen atoms in total. The monoisotopic (exact) mass is 424 g/mol. The van der Waals surface area contributed by atoms with Crippen LogP contribution in [0.1, 0.15) is 54.4 Å². The van der Waals surface area contributed by atoms with Gasteiger partial charge in [0.2, 0.25) is 6.79 Å². The van der Waals surface area contributed by atoms with E-state index in [0.717, 1.165) is 19.3 Å². The molecular weight excluding hydrogens is 400 g/mol. The first-order valence-corrected chi connectivity index (χ1v) is 9.45. The second kappa shape index (κ2) is 11.0. The van der Waals surface area contributed by atoms with Crippen molar-refractivity contribution in [1.82, 2.24) is 5.32 Å². The summed E-state index contributed by atoms with van der Waals surface area (Å²) < 4.78 is 9.70. The Kier molecular flexibility index (Phi) is 8.39. The first-order valence-electron chi connectivity index (χ1n) is 9.45. The number of carboxylic acid groups (broad SMARTS) is 1. The molecule has 0 aromatic heterocycles. The molecule has 30 heavy (non-hydrogen) atoms. The number of amides is 1. The summed E-state index contributed by atoms with van der Waals surface area (Å²) in [7, 11) is 0. The van der Waals surface area contributed by atoms with Gasteiger partial charge in [-0.05, 0) is 36.0 Å². The minimum Gasteiger partial charge on any atom is -0.481 e. The van der Waals surface area contributed by atoms with Crippen molar-refractivity contribution in [2.24, 2.45) is 5.41 Å². The number of esters is 1. The molecule has 1 amide bonds. The van der Waals surface area contributed by atoms with Crippen molar-refractivity contribution in [2.75, 3.05) is 13.3 Å². The van der Waals surface area contributed by atoms with Gasteiger partial charge < -0.3 is 24.7 Å². The number of nitrogens with zero attached hydrogens (tertiary/aromatic N) is 1. The number of hydrogen-bond donors (Lipinski definition) is 2. The lowest BCUT2D eigenvalue weighted by molar-refractivity contribution is -0.763. The zero-order valence-electron chi connectivity index (χ0n) is 16.3. The van der Waals surface area contributed by atoms with Crippen LogP contribution in [0.5, 0.6) is 0 Å². The highest BCUT2D eigenvalue weighted by Crippen LogP contribution is 2.38. The van der Waals surface area contributed by atoms with Gasteiger partial charge in [0, 0.05) is 6.54 Å². The third kappa shape index (κ3) is 7.57. The Bertz CT molecular complexity index is 775. The molecule has 0 aliphatic heterocycles. The molecule has 0 bridgehead atoms. The highest BCUT2D eigenvalue weighted by atomic mass is 16.9. The normalized spacial score (nSPS) is 14.9. The maximum atomic E-state index is 12.0. The van der Waals surface area contributed by atoms with E-state index in [2.05, 4.69) is 10.2 Å². The van der Waals surface area contributed by atoms with Crippen molar-refractivity contribution in [3.05, 3.63) is 45.5 Å². The number of hydrogen-bond acceptors (Lipinski definition) is 8. The molecule has 1 aromatic carbocycles. The van der Waals surface area contributed by atoms with Crippen LogP contribution in [-0.4, -0.2) is 41.6 Å². The van der Waals surface area contributed by atoms with Crippen LogP contribution in [0.2, 0.25) is 0 Å². The Balaban J connectivity index is 1.77. The number of aliphatic carboxylic acids is 1. The molecule has 164 valence electrons. The quantitative estimate of drug-likeness (QED) is 0.249. The van der Waals surface area contributed by atoms with E-state index in [1.807, 2.05) is 0 Å². The zero-order valence-corrected chi connectivity index (χ0v) is 16.3. The SMILES string of the molecule is O=C(O)CC1(CNC(=O)OCOC(=O)c2cccc(CO[N+](=O)[O-])c2)CCCCC1. The fourth-order valence-electron chi connectivity index (χ4n) is 3.48. The molecule has 0 saturated heterocycles. The van der Waals surface area contributed by atoms with Crippen molar-refractivity contribution < 1.29 is 38.9 Å². The molecule has 0 unspecified atom stereocenters. The second-order valence-corrected chi connectivity index (χ2v) is 7.16. The van der Waals surface area contributed by atoms with E-state index in [0.29, 0.717) is 18.4 Å². The molecule has 0 atom stereocenters. The molecule has 1 aromatic rings. The van der Waals surface area contributed by atoms with Gasteiger partial charge in [0.1, 0.15) is 6.61 Å². The summed E-state index contributed by atoms with van der Waals surface area (Å²) in [6, 6.07) is 5.86. The highest BCUT2D eigenvalue weighted by molar-refractivity contribution is 5.89. The van der Waals surface area contributed by atoms with Gasteiger partial charge >= 0.3 is 18.0 Å². The average Bonchev–Trinajstić information content (AvgIpc) is 2.71. The van der Waals surface area contributed by atoms with Crippen LogP contribution in [0.3, 0.4) is 0 Å². The first kappa shape index (κ1) is 22.9.